The third kappa shape index (κ3) is 4.28. The molecule has 1 aliphatic rings. The summed E-state index contributed by atoms with van der Waals surface area (Å²) in [5.41, 5.74) is 2.71. The maximum absolute atomic E-state index is 12.2. The normalized spacial score (nSPS) is 13.4. The average molecular weight is 325 g/mol. The zero-order valence-corrected chi connectivity index (χ0v) is 14.2. The van der Waals surface area contributed by atoms with Gasteiger partial charge in [0.2, 0.25) is 0 Å². The molecule has 0 radical (unpaired) electrons. The van der Waals surface area contributed by atoms with Gasteiger partial charge >= 0.3 is 0 Å². The Labute approximate surface area is 142 Å². The van der Waals surface area contributed by atoms with Gasteiger partial charge in [-0.15, -0.1) is 0 Å². The molecule has 1 saturated carbocycles. The van der Waals surface area contributed by atoms with Crippen molar-refractivity contribution in [3.05, 3.63) is 59.2 Å². The second-order valence-corrected chi connectivity index (χ2v) is 6.10. The zero-order chi connectivity index (χ0) is 16.9. The van der Waals surface area contributed by atoms with E-state index < -0.39 is 0 Å². The predicted octanol–water partition coefficient (Wildman–Crippen LogP) is 3.86. The van der Waals surface area contributed by atoms with E-state index in [1.165, 1.54) is 5.56 Å². The Morgan fingerprint density at radius 2 is 1.88 bits per heavy atom. The minimum absolute atomic E-state index is 0.0304. The fraction of sp³-hybridized carbons (Fsp3) is 0.350. The fourth-order valence-electron chi connectivity index (χ4n) is 2.42. The molecule has 0 aromatic heterocycles. The minimum atomic E-state index is -0.0304. The van der Waals surface area contributed by atoms with E-state index in [9.17, 15) is 4.79 Å². The van der Waals surface area contributed by atoms with Crippen molar-refractivity contribution in [2.75, 3.05) is 6.61 Å². The van der Waals surface area contributed by atoms with Crippen LogP contribution in [0.15, 0.2) is 42.5 Å². The summed E-state index contributed by atoms with van der Waals surface area (Å²) in [5, 5.41) is 3.01. The largest absolute Gasteiger partial charge is 0.493 e. The van der Waals surface area contributed by atoms with E-state index in [-0.39, 0.29) is 5.91 Å². The lowest BCUT2D eigenvalue weighted by molar-refractivity contribution is 0.0951. The van der Waals surface area contributed by atoms with Crippen molar-refractivity contribution in [1.82, 2.24) is 5.32 Å². The molecule has 0 heterocycles. The number of benzene rings is 2. The van der Waals surface area contributed by atoms with E-state index in [1.807, 2.05) is 50.2 Å². The third-order valence-electron chi connectivity index (χ3n) is 3.95. The Balaban J connectivity index is 1.74. The molecular formula is C20H23NO3. The highest BCUT2D eigenvalue weighted by Gasteiger charge is 2.24. The van der Waals surface area contributed by atoms with E-state index in [1.54, 1.807) is 6.07 Å². The van der Waals surface area contributed by atoms with Crippen LogP contribution in [-0.4, -0.2) is 18.6 Å². The van der Waals surface area contributed by atoms with Crippen LogP contribution in [0.25, 0.3) is 0 Å². The van der Waals surface area contributed by atoms with Crippen LogP contribution < -0.4 is 14.8 Å². The first-order chi connectivity index (χ1) is 11.7. The van der Waals surface area contributed by atoms with E-state index in [2.05, 4.69) is 5.32 Å². The molecule has 4 heteroatoms. The monoisotopic (exact) mass is 325 g/mol. The molecule has 0 aliphatic heterocycles. The molecule has 0 bridgehead atoms. The van der Waals surface area contributed by atoms with Gasteiger partial charge < -0.3 is 14.8 Å². The van der Waals surface area contributed by atoms with Crippen molar-refractivity contribution >= 4 is 5.91 Å². The highest BCUT2D eigenvalue weighted by molar-refractivity contribution is 5.95. The predicted molar refractivity (Wildman–Crippen MR) is 93.6 cm³/mol. The number of hydrogen-bond acceptors (Lipinski definition) is 3. The van der Waals surface area contributed by atoms with Gasteiger partial charge in [0.05, 0.1) is 6.61 Å². The molecule has 0 spiro atoms. The van der Waals surface area contributed by atoms with Gasteiger partial charge in [-0.25, -0.2) is 0 Å². The van der Waals surface area contributed by atoms with Crippen LogP contribution in [0.1, 0.15) is 41.3 Å². The lowest BCUT2D eigenvalue weighted by Crippen LogP contribution is -2.25. The molecule has 1 N–H and O–H groups in total. The number of carbonyl (C=O) groups is 1. The summed E-state index contributed by atoms with van der Waals surface area (Å²) >= 11 is 0. The highest BCUT2D eigenvalue weighted by atomic mass is 16.5. The molecule has 2 aromatic carbocycles. The number of hydrogen-bond donors (Lipinski definition) is 1. The van der Waals surface area contributed by atoms with Gasteiger partial charge in [-0.3, -0.25) is 4.79 Å². The third-order valence-corrected chi connectivity index (χ3v) is 3.95. The Morgan fingerprint density at radius 1 is 1.12 bits per heavy atom. The summed E-state index contributed by atoms with van der Waals surface area (Å²) in [4.78, 5) is 12.2. The second kappa shape index (κ2) is 7.39. The quantitative estimate of drug-likeness (QED) is 0.841. The molecule has 1 amide bonds. The van der Waals surface area contributed by atoms with Gasteiger partial charge in [0.1, 0.15) is 18.1 Å². The number of ether oxygens (including phenoxy) is 2. The lowest BCUT2D eigenvalue weighted by atomic mass is 10.1. The molecule has 4 nitrogen and oxygen atoms in total. The van der Waals surface area contributed by atoms with Gasteiger partial charge in [0.15, 0.2) is 0 Å². The Bertz CT molecular complexity index is 705. The van der Waals surface area contributed by atoms with Crippen molar-refractivity contribution in [3.8, 4) is 11.5 Å². The summed E-state index contributed by atoms with van der Waals surface area (Å²) in [7, 11) is 0. The minimum Gasteiger partial charge on any atom is -0.493 e. The van der Waals surface area contributed by atoms with Crippen molar-refractivity contribution in [2.24, 2.45) is 0 Å². The van der Waals surface area contributed by atoms with Crippen LogP contribution in [0.2, 0.25) is 0 Å². The zero-order valence-electron chi connectivity index (χ0n) is 14.2. The van der Waals surface area contributed by atoms with Gasteiger partial charge in [-0.05, 0) is 57.0 Å². The Hall–Kier alpha value is -2.49. The molecular weight excluding hydrogens is 302 g/mol. The molecule has 24 heavy (non-hydrogen) atoms. The fourth-order valence-corrected chi connectivity index (χ4v) is 2.42. The second-order valence-electron chi connectivity index (χ2n) is 6.10. The Morgan fingerprint density at radius 3 is 2.54 bits per heavy atom. The Kier molecular flexibility index (Phi) is 5.04. The van der Waals surface area contributed by atoms with E-state index >= 15 is 0 Å². The number of amides is 1. The van der Waals surface area contributed by atoms with E-state index in [0.29, 0.717) is 24.8 Å². The molecule has 0 atom stereocenters. The van der Waals surface area contributed by atoms with Crippen LogP contribution in [0, 0.1) is 6.92 Å². The first kappa shape index (κ1) is 16.4. The summed E-state index contributed by atoms with van der Waals surface area (Å²) in [6.07, 6.45) is 2.15. The van der Waals surface area contributed by atoms with Crippen LogP contribution >= 0.6 is 0 Å². The molecule has 1 aliphatic carbocycles. The van der Waals surface area contributed by atoms with Crippen molar-refractivity contribution in [1.29, 1.82) is 0 Å². The van der Waals surface area contributed by atoms with Gasteiger partial charge in [0, 0.05) is 17.2 Å². The molecule has 1 fully saturated rings. The number of nitrogens with one attached hydrogen (secondary N) is 1. The van der Waals surface area contributed by atoms with Gasteiger partial charge in [0.25, 0.3) is 5.91 Å². The average Bonchev–Trinajstić information content (AvgIpc) is 3.39. The molecule has 0 unspecified atom stereocenters. The van der Waals surface area contributed by atoms with Crippen LogP contribution in [0.5, 0.6) is 11.5 Å². The standard InChI is InChI=1S/C20H23NO3/c1-3-23-19-11-6-15(20(22)21-17-7-8-17)12-16(19)13-24-18-9-4-14(2)5-10-18/h4-6,9-12,17H,3,7-8,13H2,1-2H3,(H,21,22). The van der Waals surface area contributed by atoms with E-state index in [4.69, 9.17) is 9.47 Å². The molecule has 3 rings (SSSR count). The van der Waals surface area contributed by atoms with Crippen LogP contribution in [0.3, 0.4) is 0 Å². The number of aryl methyl sites for hydroxylation is 1. The highest BCUT2D eigenvalue weighted by Crippen LogP contribution is 2.24. The summed E-state index contributed by atoms with van der Waals surface area (Å²) in [6.45, 7) is 4.92. The van der Waals surface area contributed by atoms with Gasteiger partial charge in [-0.2, -0.15) is 0 Å². The maximum atomic E-state index is 12.2. The summed E-state index contributed by atoms with van der Waals surface area (Å²) in [6, 6.07) is 13.8. The van der Waals surface area contributed by atoms with Gasteiger partial charge in [-0.1, -0.05) is 17.7 Å². The summed E-state index contributed by atoms with van der Waals surface area (Å²) in [5.74, 6) is 1.53. The first-order valence-corrected chi connectivity index (χ1v) is 8.41. The van der Waals surface area contributed by atoms with Crippen LogP contribution in [-0.2, 0) is 6.61 Å². The summed E-state index contributed by atoms with van der Waals surface area (Å²) < 4.78 is 11.5. The van der Waals surface area contributed by atoms with Crippen molar-refractivity contribution in [3.63, 3.8) is 0 Å². The number of carbonyl (C=O) groups excluding carboxylic acids is 1. The number of rotatable bonds is 7. The van der Waals surface area contributed by atoms with Crippen molar-refractivity contribution in [2.45, 2.75) is 39.3 Å². The molecule has 0 saturated heterocycles. The van der Waals surface area contributed by atoms with Crippen LogP contribution in [0.4, 0.5) is 0 Å². The van der Waals surface area contributed by atoms with E-state index in [0.717, 1.165) is 29.9 Å². The topological polar surface area (TPSA) is 47.6 Å². The lowest BCUT2D eigenvalue weighted by Gasteiger charge is -2.13. The molecule has 2 aromatic rings. The first-order valence-electron chi connectivity index (χ1n) is 8.41. The molecule has 126 valence electrons. The SMILES string of the molecule is CCOc1ccc(C(=O)NC2CC2)cc1COc1ccc(C)cc1. The maximum Gasteiger partial charge on any atom is 0.251 e. The smallest absolute Gasteiger partial charge is 0.251 e. The van der Waals surface area contributed by atoms with Crippen molar-refractivity contribution < 1.29 is 14.3 Å².